The Kier molecular flexibility index (Phi) is 156. The molecule has 54 valence electrons. The third-order valence-electron chi connectivity index (χ3n) is 0. The van der Waals surface area contributed by atoms with Gasteiger partial charge < -0.3 is 21.6 Å². The van der Waals surface area contributed by atoms with Crippen LogP contribution < -0.4 is 0 Å². The summed E-state index contributed by atoms with van der Waals surface area (Å²) in [6.45, 7) is 0. The molecule has 0 radical (unpaired) electrons. The van der Waals surface area contributed by atoms with E-state index in [1.807, 2.05) is 0 Å². The van der Waals surface area contributed by atoms with Crippen molar-refractivity contribution in [3.05, 3.63) is 10.1 Å². The Morgan fingerprint density at radius 1 is 1.25 bits per heavy atom. The molecule has 0 spiro atoms. The third-order valence-corrected chi connectivity index (χ3v) is 0. The van der Waals surface area contributed by atoms with Crippen molar-refractivity contribution < 1.29 is 26.7 Å². The molecule has 0 aromatic rings. The fraction of sp³-hybridized carbons (Fsp3) is 0. The predicted octanol–water partition coefficient (Wildman–Crippen LogP) is -4.01. The van der Waals surface area contributed by atoms with Crippen LogP contribution in [0.1, 0.15) is 0 Å². The standard InChI is InChI=1S/In.HNO3.3H2O.3H/c;2-1(3)4;;;;;;/h;(H,2,3,4);3*1H2;;;. The van der Waals surface area contributed by atoms with Gasteiger partial charge in [0.1, 0.15) is 0 Å². The van der Waals surface area contributed by atoms with Gasteiger partial charge in [-0.05, 0) is 0 Å². The van der Waals surface area contributed by atoms with Gasteiger partial charge in [-0.2, -0.15) is 0 Å². The Balaban J connectivity index is -0.00000000750. The van der Waals surface area contributed by atoms with Crippen LogP contribution in [-0.2, 0) is 0 Å². The molecular formula is H10InNO6. The van der Waals surface area contributed by atoms with Gasteiger partial charge in [0, 0.05) is 0 Å². The van der Waals surface area contributed by atoms with Crippen LogP contribution in [0.5, 0.6) is 0 Å². The summed E-state index contributed by atoms with van der Waals surface area (Å²) in [5.74, 6) is 0. The molecule has 0 bridgehead atoms. The second-order valence-electron chi connectivity index (χ2n) is 0.238. The van der Waals surface area contributed by atoms with E-state index in [-0.39, 0.29) is 42.3 Å². The van der Waals surface area contributed by atoms with Crippen molar-refractivity contribution in [3.63, 3.8) is 0 Å². The summed E-state index contributed by atoms with van der Waals surface area (Å²) in [6.07, 6.45) is 0. The number of hydrogen-bond acceptors (Lipinski definition) is 2. The summed E-state index contributed by atoms with van der Waals surface area (Å²) in [6, 6.07) is 0. The molecule has 0 aromatic carbocycles. The predicted molar refractivity (Wildman–Crippen MR) is 29.6 cm³/mol. The zero-order valence-corrected chi connectivity index (χ0v) is 3.21. The van der Waals surface area contributed by atoms with Crippen LogP contribution in [0.4, 0.5) is 0 Å². The average molecular weight is 235 g/mol. The minimum atomic E-state index is -1.50. The van der Waals surface area contributed by atoms with E-state index in [1.54, 1.807) is 0 Å². The number of rotatable bonds is 0. The maximum absolute atomic E-state index is 8.36. The first kappa shape index (κ1) is 44.1. The van der Waals surface area contributed by atoms with E-state index in [2.05, 4.69) is 0 Å². The Morgan fingerprint density at radius 3 is 1.25 bits per heavy atom. The van der Waals surface area contributed by atoms with Gasteiger partial charge in [0.2, 0.25) is 0 Å². The van der Waals surface area contributed by atoms with Crippen molar-refractivity contribution in [2.75, 3.05) is 0 Å². The first-order valence-electron chi connectivity index (χ1n) is 0.565. The van der Waals surface area contributed by atoms with E-state index < -0.39 is 5.09 Å². The molecule has 0 saturated carbocycles. The van der Waals surface area contributed by atoms with Gasteiger partial charge in [0.15, 0.2) is 0 Å². The molecule has 7 N–H and O–H groups in total. The molecule has 0 rings (SSSR count). The van der Waals surface area contributed by atoms with Crippen molar-refractivity contribution >= 4 is 25.8 Å². The van der Waals surface area contributed by atoms with Crippen LogP contribution in [0.25, 0.3) is 0 Å². The van der Waals surface area contributed by atoms with Crippen molar-refractivity contribution in [1.29, 1.82) is 0 Å². The van der Waals surface area contributed by atoms with Crippen LogP contribution in [-0.4, -0.2) is 52.6 Å². The zero-order valence-electron chi connectivity index (χ0n) is 3.21. The Bertz CT molecular complexity index is 31.5. The Hall–Kier alpha value is -0.0499. The average Bonchev–Trinajstić information content (AvgIpc) is 0.811. The Labute approximate surface area is 63.1 Å². The van der Waals surface area contributed by atoms with E-state index in [0.717, 1.165) is 0 Å². The molecule has 0 unspecified atom stereocenters. The van der Waals surface area contributed by atoms with Crippen LogP contribution in [0, 0.1) is 10.1 Å². The summed E-state index contributed by atoms with van der Waals surface area (Å²) < 4.78 is 0. The van der Waals surface area contributed by atoms with Gasteiger partial charge in [0.25, 0.3) is 5.09 Å². The van der Waals surface area contributed by atoms with Crippen LogP contribution >= 0.6 is 0 Å². The van der Waals surface area contributed by atoms with E-state index in [9.17, 15) is 0 Å². The van der Waals surface area contributed by atoms with E-state index in [4.69, 9.17) is 15.3 Å². The molecule has 0 aliphatic heterocycles. The topological polar surface area (TPSA) is 158 Å². The van der Waals surface area contributed by atoms with Crippen molar-refractivity contribution in [2.24, 2.45) is 0 Å². The summed E-state index contributed by atoms with van der Waals surface area (Å²) in [4.78, 5) is 8.36. The van der Waals surface area contributed by atoms with E-state index >= 15 is 0 Å². The fourth-order valence-corrected chi connectivity index (χ4v) is 0. The maximum atomic E-state index is 8.36. The van der Waals surface area contributed by atoms with Gasteiger partial charge in [-0.1, -0.05) is 0 Å². The van der Waals surface area contributed by atoms with Crippen molar-refractivity contribution in [3.8, 4) is 0 Å². The third kappa shape index (κ3) is 58600. The second kappa shape index (κ2) is 28.3. The molecule has 0 atom stereocenters. The molecule has 0 fully saturated rings. The van der Waals surface area contributed by atoms with Crippen LogP contribution in [0.2, 0.25) is 0 Å². The molecule has 7 nitrogen and oxygen atoms in total. The molecule has 0 aliphatic rings. The molecular weight excluding hydrogens is 225 g/mol. The van der Waals surface area contributed by atoms with Gasteiger partial charge in [-0.3, -0.25) is 0 Å². The second-order valence-corrected chi connectivity index (χ2v) is 0.238. The zero-order chi connectivity index (χ0) is 3.58. The van der Waals surface area contributed by atoms with Crippen LogP contribution in [0.3, 0.4) is 0 Å². The summed E-state index contributed by atoms with van der Waals surface area (Å²) >= 11 is 0. The van der Waals surface area contributed by atoms with Gasteiger partial charge in [-0.15, -0.1) is 10.1 Å². The SMILES string of the molecule is O.O.O.O=[N+]([O-])O.[InH3]. The summed E-state index contributed by atoms with van der Waals surface area (Å²) in [7, 11) is 0. The molecule has 0 amide bonds. The van der Waals surface area contributed by atoms with Gasteiger partial charge in [0.05, 0.1) is 0 Å². The monoisotopic (exact) mass is 235 g/mol. The summed E-state index contributed by atoms with van der Waals surface area (Å²) in [5, 5.41) is 13.6. The van der Waals surface area contributed by atoms with Gasteiger partial charge >= 0.3 is 25.8 Å². The van der Waals surface area contributed by atoms with E-state index in [0.29, 0.717) is 0 Å². The minimum absolute atomic E-state index is 0. The Morgan fingerprint density at radius 2 is 1.25 bits per heavy atom. The molecule has 0 aliphatic carbocycles. The molecule has 8 heteroatoms. The van der Waals surface area contributed by atoms with Crippen molar-refractivity contribution in [1.82, 2.24) is 0 Å². The van der Waals surface area contributed by atoms with E-state index in [1.165, 1.54) is 0 Å². The van der Waals surface area contributed by atoms with Crippen molar-refractivity contribution in [2.45, 2.75) is 0 Å². The van der Waals surface area contributed by atoms with Crippen LogP contribution in [0.15, 0.2) is 0 Å². The van der Waals surface area contributed by atoms with Gasteiger partial charge in [-0.25, -0.2) is 0 Å². The molecule has 8 heavy (non-hydrogen) atoms. The number of nitrogens with zero attached hydrogens (tertiary/aromatic N) is 1. The normalized spacial score (nSPS) is 3.00. The summed E-state index contributed by atoms with van der Waals surface area (Å²) in [5.41, 5.74) is 0. The first-order valence-corrected chi connectivity index (χ1v) is 0.565. The molecule has 0 saturated heterocycles. The first-order chi connectivity index (χ1) is 1.73. The molecule has 0 aromatic heterocycles. The number of hydrogen-bond donors (Lipinski definition) is 1. The molecule has 0 heterocycles. The quantitative estimate of drug-likeness (QED) is 0.335. The fourth-order valence-electron chi connectivity index (χ4n) is 0.